The summed E-state index contributed by atoms with van der Waals surface area (Å²) in [7, 11) is 2.01. The maximum atomic E-state index is 13.4. The van der Waals surface area contributed by atoms with Gasteiger partial charge in [-0.15, -0.1) is 0 Å². The third-order valence-corrected chi connectivity index (χ3v) is 6.39. The molecule has 152 valence electrons. The number of hydrogen-bond acceptors (Lipinski definition) is 4. The van der Waals surface area contributed by atoms with E-state index in [1.54, 1.807) is 0 Å². The molecule has 2 aliphatic heterocycles. The molecule has 2 aliphatic rings. The van der Waals surface area contributed by atoms with E-state index in [4.69, 9.17) is 4.74 Å². The number of likely N-dealkylation sites (tertiary alicyclic amines) is 1. The van der Waals surface area contributed by atoms with E-state index in [9.17, 15) is 9.90 Å². The Morgan fingerprint density at radius 2 is 2.04 bits per heavy atom. The van der Waals surface area contributed by atoms with Gasteiger partial charge >= 0.3 is 0 Å². The molecule has 0 aliphatic carbocycles. The molecule has 1 amide bonds. The highest BCUT2D eigenvalue weighted by molar-refractivity contribution is 6.06. The summed E-state index contributed by atoms with van der Waals surface area (Å²) in [5, 5.41) is 10.4. The van der Waals surface area contributed by atoms with E-state index in [1.165, 1.54) is 0 Å². The zero-order valence-corrected chi connectivity index (χ0v) is 16.7. The molecule has 2 atom stereocenters. The van der Waals surface area contributed by atoms with Gasteiger partial charge in [0.05, 0.1) is 13.2 Å². The molecule has 0 saturated carbocycles. The summed E-state index contributed by atoms with van der Waals surface area (Å²) in [6, 6.07) is 8.49. The van der Waals surface area contributed by atoms with Crippen LogP contribution < -0.4 is 0 Å². The minimum atomic E-state index is 0.131. The van der Waals surface area contributed by atoms with Gasteiger partial charge in [0.15, 0.2) is 0 Å². The molecule has 3 heterocycles. The number of fused-ring (bicyclic) bond motifs is 1. The largest absolute Gasteiger partial charge is 0.396 e. The van der Waals surface area contributed by atoms with E-state index in [0.29, 0.717) is 12.0 Å². The maximum Gasteiger partial charge on any atom is 0.254 e. The molecule has 2 fully saturated rings. The number of aliphatic hydroxyl groups is 1. The van der Waals surface area contributed by atoms with Crippen LogP contribution in [0.2, 0.25) is 0 Å². The van der Waals surface area contributed by atoms with Gasteiger partial charge in [-0.05, 0) is 43.4 Å². The molecule has 0 radical (unpaired) electrons. The van der Waals surface area contributed by atoms with Crippen molar-refractivity contribution in [2.45, 2.75) is 25.3 Å². The molecule has 4 rings (SSSR count). The Labute approximate surface area is 166 Å². The first-order valence-electron chi connectivity index (χ1n) is 10.4. The van der Waals surface area contributed by atoms with Crippen molar-refractivity contribution in [3.63, 3.8) is 0 Å². The summed E-state index contributed by atoms with van der Waals surface area (Å²) in [6.45, 7) is 5.30. The van der Waals surface area contributed by atoms with Crippen LogP contribution in [0.25, 0.3) is 10.9 Å². The van der Waals surface area contributed by atoms with Gasteiger partial charge in [0.1, 0.15) is 0 Å². The first-order chi connectivity index (χ1) is 13.7. The van der Waals surface area contributed by atoms with Crippen LogP contribution in [0.1, 0.15) is 29.6 Å². The molecule has 0 bridgehead atoms. The Bertz CT molecular complexity index is 812. The Morgan fingerprint density at radius 3 is 2.82 bits per heavy atom. The summed E-state index contributed by atoms with van der Waals surface area (Å²) in [5.41, 5.74) is 1.88. The van der Waals surface area contributed by atoms with Gasteiger partial charge in [-0.3, -0.25) is 9.69 Å². The average molecular weight is 386 g/mol. The highest BCUT2D eigenvalue weighted by Gasteiger charge is 2.35. The molecule has 28 heavy (non-hydrogen) atoms. The third kappa shape index (κ3) is 3.81. The highest BCUT2D eigenvalue weighted by Crippen LogP contribution is 2.29. The van der Waals surface area contributed by atoms with Crippen molar-refractivity contribution in [3.8, 4) is 0 Å². The lowest BCUT2D eigenvalue weighted by molar-refractivity contribution is -0.0196. The summed E-state index contributed by atoms with van der Waals surface area (Å²) >= 11 is 0. The second-order valence-electron chi connectivity index (χ2n) is 8.05. The fourth-order valence-corrected chi connectivity index (χ4v) is 4.89. The highest BCUT2D eigenvalue weighted by atomic mass is 16.5. The number of aryl methyl sites for hydroxylation is 1. The number of aliphatic hydroxyl groups excluding tert-OH is 1. The fourth-order valence-electron chi connectivity index (χ4n) is 4.89. The van der Waals surface area contributed by atoms with Crippen LogP contribution in [0.5, 0.6) is 0 Å². The Hall–Kier alpha value is -1.89. The summed E-state index contributed by atoms with van der Waals surface area (Å²) in [5.74, 6) is 0.532. The van der Waals surface area contributed by atoms with Gasteiger partial charge in [0.25, 0.3) is 5.91 Å². The number of piperidine rings is 1. The maximum absolute atomic E-state index is 13.4. The molecule has 0 unspecified atom stereocenters. The number of ether oxygens (including phenoxy) is 1. The number of rotatable bonds is 5. The SMILES string of the molecule is Cn1ccc2c(C(=O)N3CC[C@H](N4CCOCC4)[C@H](CCCO)C3)cccc21. The number of carbonyl (C=O) groups excluding carboxylic acids is 1. The number of morpholine rings is 1. The van der Waals surface area contributed by atoms with E-state index < -0.39 is 0 Å². The van der Waals surface area contributed by atoms with Gasteiger partial charge in [0.2, 0.25) is 0 Å². The third-order valence-electron chi connectivity index (χ3n) is 6.39. The number of nitrogens with zero attached hydrogens (tertiary/aromatic N) is 3. The Kier molecular flexibility index (Phi) is 5.99. The molecule has 1 aromatic heterocycles. The predicted molar refractivity (Wildman–Crippen MR) is 109 cm³/mol. The van der Waals surface area contributed by atoms with Gasteiger partial charge in [-0.2, -0.15) is 0 Å². The first kappa shape index (κ1) is 19.4. The van der Waals surface area contributed by atoms with Gasteiger partial charge in [-0.25, -0.2) is 0 Å². The van der Waals surface area contributed by atoms with Crippen LogP contribution in [0.3, 0.4) is 0 Å². The monoisotopic (exact) mass is 385 g/mol. The quantitative estimate of drug-likeness (QED) is 0.857. The van der Waals surface area contributed by atoms with Crippen LogP contribution in [-0.4, -0.2) is 77.4 Å². The molecule has 1 aromatic carbocycles. The molecule has 2 saturated heterocycles. The van der Waals surface area contributed by atoms with E-state index in [0.717, 1.165) is 75.1 Å². The fraction of sp³-hybridized carbons (Fsp3) is 0.591. The zero-order chi connectivity index (χ0) is 19.5. The summed E-state index contributed by atoms with van der Waals surface area (Å²) in [4.78, 5) is 17.9. The minimum absolute atomic E-state index is 0.131. The number of aromatic nitrogens is 1. The minimum Gasteiger partial charge on any atom is -0.396 e. The second kappa shape index (κ2) is 8.64. The lowest BCUT2D eigenvalue weighted by atomic mass is 9.86. The predicted octanol–water partition coefficient (Wildman–Crippen LogP) is 2.11. The molecule has 0 spiro atoms. The van der Waals surface area contributed by atoms with Crippen molar-refractivity contribution in [3.05, 3.63) is 36.0 Å². The molecule has 1 N–H and O–H groups in total. The average Bonchev–Trinajstić information content (AvgIpc) is 3.13. The molecule has 2 aromatic rings. The van der Waals surface area contributed by atoms with Gasteiger partial charge in [-0.1, -0.05) is 6.07 Å². The summed E-state index contributed by atoms with van der Waals surface area (Å²) < 4.78 is 7.58. The van der Waals surface area contributed by atoms with Crippen molar-refractivity contribution in [1.29, 1.82) is 0 Å². The topological polar surface area (TPSA) is 57.9 Å². The van der Waals surface area contributed by atoms with Crippen LogP contribution in [-0.2, 0) is 11.8 Å². The summed E-state index contributed by atoms with van der Waals surface area (Å²) in [6.07, 6.45) is 4.75. The van der Waals surface area contributed by atoms with Crippen LogP contribution in [0, 0.1) is 5.92 Å². The molecule has 6 nitrogen and oxygen atoms in total. The van der Waals surface area contributed by atoms with Crippen LogP contribution in [0.15, 0.2) is 30.5 Å². The number of carbonyl (C=O) groups is 1. The van der Waals surface area contributed by atoms with Crippen LogP contribution in [0.4, 0.5) is 0 Å². The Balaban J connectivity index is 1.52. The van der Waals surface area contributed by atoms with Gasteiger partial charge < -0.3 is 19.3 Å². The van der Waals surface area contributed by atoms with Crippen molar-refractivity contribution in [2.75, 3.05) is 46.0 Å². The molecular formula is C22H31N3O3. The lowest BCUT2D eigenvalue weighted by Crippen LogP contribution is -2.55. The first-order valence-corrected chi connectivity index (χ1v) is 10.4. The number of benzene rings is 1. The lowest BCUT2D eigenvalue weighted by Gasteiger charge is -2.45. The number of hydrogen-bond donors (Lipinski definition) is 1. The van der Waals surface area contributed by atoms with Crippen molar-refractivity contribution >= 4 is 16.8 Å². The van der Waals surface area contributed by atoms with E-state index in [2.05, 4.69) is 15.5 Å². The number of amides is 1. The van der Waals surface area contributed by atoms with Crippen molar-refractivity contribution in [2.24, 2.45) is 13.0 Å². The van der Waals surface area contributed by atoms with Crippen molar-refractivity contribution in [1.82, 2.24) is 14.4 Å². The van der Waals surface area contributed by atoms with E-state index >= 15 is 0 Å². The zero-order valence-electron chi connectivity index (χ0n) is 16.7. The smallest absolute Gasteiger partial charge is 0.254 e. The second-order valence-corrected chi connectivity index (χ2v) is 8.05. The standard InChI is InChI=1S/C22H31N3O3/c1-23-9-7-18-19(5-2-6-21(18)23)22(27)25-10-8-20(17(16-25)4-3-13-26)24-11-14-28-15-12-24/h2,5-7,9,17,20,26H,3-4,8,10-16H2,1H3/t17-,20+/m1/s1. The van der Waals surface area contributed by atoms with E-state index in [-0.39, 0.29) is 12.5 Å². The van der Waals surface area contributed by atoms with Crippen molar-refractivity contribution < 1.29 is 14.6 Å². The molecular weight excluding hydrogens is 354 g/mol. The Morgan fingerprint density at radius 1 is 1.21 bits per heavy atom. The van der Waals surface area contributed by atoms with Crippen LogP contribution >= 0.6 is 0 Å². The van der Waals surface area contributed by atoms with Gasteiger partial charge in [0, 0.05) is 68.5 Å². The molecule has 6 heteroatoms. The normalized spacial score (nSPS) is 24.0. The van der Waals surface area contributed by atoms with E-state index in [1.807, 2.05) is 36.3 Å².